The monoisotopic (exact) mass is 142 g/mol. The third kappa shape index (κ3) is 161000. The molecule has 0 unspecified atom stereocenters. The molecule has 0 fully saturated rings. The Labute approximate surface area is 62.9 Å². The van der Waals surface area contributed by atoms with E-state index in [0.717, 1.165) is 0 Å². The SMILES string of the molecule is C#CC.C#CC.OCCO. The average molecular weight is 142 g/mol. The van der Waals surface area contributed by atoms with Gasteiger partial charge in [0.05, 0.1) is 13.2 Å². The molecule has 0 aromatic rings. The van der Waals surface area contributed by atoms with E-state index in [4.69, 9.17) is 10.2 Å². The van der Waals surface area contributed by atoms with Crippen LogP contribution in [0.25, 0.3) is 0 Å². The first-order valence-electron chi connectivity index (χ1n) is 2.71. The molecule has 2 N–H and O–H groups in total. The highest BCUT2D eigenvalue weighted by Gasteiger charge is 1.58. The summed E-state index contributed by atoms with van der Waals surface area (Å²) in [5.41, 5.74) is 0. The zero-order valence-electron chi connectivity index (χ0n) is 6.46. The number of rotatable bonds is 1. The lowest BCUT2D eigenvalue weighted by atomic mass is 10.8. The van der Waals surface area contributed by atoms with Crippen LogP contribution in [0, 0.1) is 24.7 Å². The summed E-state index contributed by atoms with van der Waals surface area (Å²) in [6.45, 7) is 3.06. The van der Waals surface area contributed by atoms with Gasteiger partial charge in [-0.15, -0.1) is 24.7 Å². The van der Waals surface area contributed by atoms with E-state index in [9.17, 15) is 0 Å². The van der Waals surface area contributed by atoms with Gasteiger partial charge in [-0.1, -0.05) is 0 Å². The Hall–Kier alpha value is -0.960. The highest BCUT2D eigenvalue weighted by Crippen LogP contribution is 1.39. The van der Waals surface area contributed by atoms with Crippen LogP contribution in [0.15, 0.2) is 0 Å². The molecular formula is C8H14O2. The quantitative estimate of drug-likeness (QED) is 0.515. The third-order valence-corrected chi connectivity index (χ3v) is 0.1000. The topological polar surface area (TPSA) is 40.5 Å². The Balaban J connectivity index is -0.0000000750. The van der Waals surface area contributed by atoms with Gasteiger partial charge < -0.3 is 10.2 Å². The molecule has 0 aliphatic rings. The maximum absolute atomic E-state index is 7.62. The van der Waals surface area contributed by atoms with Crippen molar-refractivity contribution in [2.24, 2.45) is 0 Å². The second-order valence-electron chi connectivity index (χ2n) is 1.02. The van der Waals surface area contributed by atoms with E-state index < -0.39 is 0 Å². The molecule has 2 heteroatoms. The lowest BCUT2D eigenvalue weighted by molar-refractivity contribution is 0.186. The predicted octanol–water partition coefficient (Wildman–Crippen LogP) is 0.250. The van der Waals surface area contributed by atoms with Crippen LogP contribution in [-0.2, 0) is 0 Å². The third-order valence-electron chi connectivity index (χ3n) is 0.1000. The average Bonchev–Trinajstić information content (AvgIpc) is 1.91. The Morgan fingerprint density at radius 2 is 1.10 bits per heavy atom. The summed E-state index contributed by atoms with van der Waals surface area (Å²) in [6.07, 6.45) is 9.19. The van der Waals surface area contributed by atoms with Gasteiger partial charge in [-0.3, -0.25) is 0 Å². The number of terminal acetylenes is 2. The van der Waals surface area contributed by atoms with Gasteiger partial charge in [-0.05, 0) is 13.8 Å². The molecule has 0 aliphatic heterocycles. The first-order chi connectivity index (χ1) is 4.74. The summed E-state index contributed by atoms with van der Waals surface area (Å²) in [7, 11) is 0. The van der Waals surface area contributed by atoms with E-state index in [-0.39, 0.29) is 13.2 Å². The van der Waals surface area contributed by atoms with E-state index >= 15 is 0 Å². The molecule has 0 bridgehead atoms. The number of aliphatic hydroxyl groups is 2. The van der Waals surface area contributed by atoms with Crippen molar-refractivity contribution in [1.82, 2.24) is 0 Å². The van der Waals surface area contributed by atoms with Crippen LogP contribution in [0.2, 0.25) is 0 Å². The summed E-state index contributed by atoms with van der Waals surface area (Å²) in [5, 5.41) is 15.2. The molecule has 2 nitrogen and oxygen atoms in total. The fraction of sp³-hybridized carbons (Fsp3) is 0.500. The van der Waals surface area contributed by atoms with Crippen LogP contribution in [0.3, 0.4) is 0 Å². The van der Waals surface area contributed by atoms with E-state index in [0.29, 0.717) is 0 Å². The number of hydrogen-bond donors (Lipinski definition) is 2. The fourth-order valence-corrected chi connectivity index (χ4v) is 0. The van der Waals surface area contributed by atoms with E-state index in [1.54, 1.807) is 13.8 Å². The molecular weight excluding hydrogens is 128 g/mol. The van der Waals surface area contributed by atoms with Gasteiger partial charge in [-0.2, -0.15) is 0 Å². The van der Waals surface area contributed by atoms with Crippen LogP contribution in [0.1, 0.15) is 13.8 Å². The molecule has 0 saturated carbocycles. The van der Waals surface area contributed by atoms with Crippen molar-refractivity contribution in [2.75, 3.05) is 13.2 Å². The summed E-state index contributed by atoms with van der Waals surface area (Å²) in [6, 6.07) is 0. The molecule has 10 heavy (non-hydrogen) atoms. The second kappa shape index (κ2) is 43.1. The first-order valence-corrected chi connectivity index (χ1v) is 2.71. The van der Waals surface area contributed by atoms with Crippen LogP contribution in [0.5, 0.6) is 0 Å². The summed E-state index contributed by atoms with van der Waals surface area (Å²) in [5.74, 6) is 4.50. The minimum atomic E-state index is -0.125. The van der Waals surface area contributed by atoms with E-state index in [1.807, 2.05) is 0 Å². The van der Waals surface area contributed by atoms with Gasteiger partial charge >= 0.3 is 0 Å². The van der Waals surface area contributed by atoms with Crippen LogP contribution in [-0.4, -0.2) is 23.4 Å². The first kappa shape index (κ1) is 16.0. The van der Waals surface area contributed by atoms with Crippen molar-refractivity contribution in [2.45, 2.75) is 13.8 Å². The van der Waals surface area contributed by atoms with Gasteiger partial charge in [-0.25, -0.2) is 0 Å². The molecule has 0 aromatic carbocycles. The van der Waals surface area contributed by atoms with Gasteiger partial charge in [0.1, 0.15) is 0 Å². The van der Waals surface area contributed by atoms with E-state index in [1.165, 1.54) is 0 Å². The predicted molar refractivity (Wildman–Crippen MR) is 43.2 cm³/mol. The second-order valence-corrected chi connectivity index (χ2v) is 1.02. The van der Waals surface area contributed by atoms with Gasteiger partial charge in [0.2, 0.25) is 0 Å². The largest absolute Gasteiger partial charge is 0.394 e. The summed E-state index contributed by atoms with van der Waals surface area (Å²) in [4.78, 5) is 0. The van der Waals surface area contributed by atoms with Crippen molar-refractivity contribution in [1.29, 1.82) is 0 Å². The minimum absolute atomic E-state index is 0.125. The summed E-state index contributed by atoms with van der Waals surface area (Å²) < 4.78 is 0. The lowest BCUT2D eigenvalue weighted by Crippen LogP contribution is -1.85. The highest BCUT2D eigenvalue weighted by molar-refractivity contribution is 4.73. The van der Waals surface area contributed by atoms with Crippen molar-refractivity contribution < 1.29 is 10.2 Å². The van der Waals surface area contributed by atoms with E-state index in [2.05, 4.69) is 24.7 Å². The molecule has 0 rings (SSSR count). The molecule has 58 valence electrons. The molecule has 0 aromatic heterocycles. The summed E-state index contributed by atoms with van der Waals surface area (Å²) >= 11 is 0. The number of hydrogen-bond acceptors (Lipinski definition) is 2. The zero-order chi connectivity index (χ0) is 8.83. The van der Waals surface area contributed by atoms with Crippen LogP contribution in [0.4, 0.5) is 0 Å². The molecule has 0 radical (unpaired) electrons. The normalized spacial score (nSPS) is 4.60. The molecule has 0 spiro atoms. The van der Waals surface area contributed by atoms with Crippen molar-refractivity contribution in [3.05, 3.63) is 0 Å². The van der Waals surface area contributed by atoms with Crippen LogP contribution >= 0.6 is 0 Å². The molecule has 0 saturated heterocycles. The Kier molecular flexibility index (Phi) is 69.1. The van der Waals surface area contributed by atoms with Gasteiger partial charge in [0.15, 0.2) is 0 Å². The molecule has 0 amide bonds. The van der Waals surface area contributed by atoms with Crippen LogP contribution < -0.4 is 0 Å². The fourth-order valence-electron chi connectivity index (χ4n) is 0. The molecule has 0 atom stereocenters. The maximum Gasteiger partial charge on any atom is 0.0662 e. The van der Waals surface area contributed by atoms with Gasteiger partial charge in [0, 0.05) is 0 Å². The van der Waals surface area contributed by atoms with Gasteiger partial charge in [0.25, 0.3) is 0 Å². The standard InChI is InChI=1S/2C3H4.C2H6O2/c2*1-3-2;3-1-2-4/h2*1H,2H3;3-4H,1-2H2. The Morgan fingerprint density at radius 3 is 1.10 bits per heavy atom. The maximum atomic E-state index is 7.62. The molecule has 0 heterocycles. The van der Waals surface area contributed by atoms with Crippen molar-refractivity contribution in [3.8, 4) is 24.7 Å². The molecule has 0 aliphatic carbocycles. The van der Waals surface area contributed by atoms with Crippen molar-refractivity contribution in [3.63, 3.8) is 0 Å². The lowest BCUT2D eigenvalue weighted by Gasteiger charge is -1.70. The smallest absolute Gasteiger partial charge is 0.0662 e. The van der Waals surface area contributed by atoms with Crippen molar-refractivity contribution >= 4 is 0 Å². The minimum Gasteiger partial charge on any atom is -0.394 e. The number of aliphatic hydroxyl groups excluding tert-OH is 2. The Bertz CT molecular complexity index is 80.8. The Morgan fingerprint density at radius 1 is 1.00 bits per heavy atom. The highest BCUT2D eigenvalue weighted by atomic mass is 16.3. The zero-order valence-corrected chi connectivity index (χ0v) is 6.46.